The number of aromatic nitrogens is 1. The first kappa shape index (κ1) is 11.2. The molecule has 0 aliphatic heterocycles. The molecule has 0 N–H and O–H groups in total. The van der Waals surface area contributed by atoms with Gasteiger partial charge in [0.1, 0.15) is 0 Å². The van der Waals surface area contributed by atoms with Gasteiger partial charge in [0, 0.05) is 11.8 Å². The lowest BCUT2D eigenvalue weighted by Crippen LogP contribution is -1.84. The molecule has 0 amide bonds. The second kappa shape index (κ2) is 5.77. The van der Waals surface area contributed by atoms with E-state index in [1.54, 1.807) is 6.20 Å². The molecule has 0 saturated heterocycles. The normalized spacial score (nSPS) is 12.3. The van der Waals surface area contributed by atoms with Crippen LogP contribution in [0.25, 0.3) is 5.57 Å². The fraction of sp³-hybridized carbons (Fsp3) is 0.231. The molecule has 0 spiro atoms. The fourth-order valence-corrected chi connectivity index (χ4v) is 1.26. The van der Waals surface area contributed by atoms with Crippen LogP contribution in [0, 0.1) is 11.3 Å². The highest BCUT2D eigenvalue weighted by Gasteiger charge is 1.97. The molecule has 0 fully saturated rings. The van der Waals surface area contributed by atoms with E-state index in [0.717, 1.165) is 17.7 Å². The SMILES string of the molecule is CC/C=C(C#N)\C=C(/C)c1ccccn1. The first-order valence-electron chi connectivity index (χ1n) is 4.98. The van der Waals surface area contributed by atoms with Crippen LogP contribution in [0.3, 0.4) is 0 Å². The van der Waals surface area contributed by atoms with E-state index >= 15 is 0 Å². The van der Waals surface area contributed by atoms with Gasteiger partial charge in [0.15, 0.2) is 0 Å². The molecule has 0 radical (unpaired) electrons. The third kappa shape index (κ3) is 3.40. The van der Waals surface area contributed by atoms with Crippen LogP contribution in [0.1, 0.15) is 26.0 Å². The highest BCUT2D eigenvalue weighted by Crippen LogP contribution is 2.12. The van der Waals surface area contributed by atoms with Crippen LogP contribution in [0.2, 0.25) is 0 Å². The Morgan fingerprint density at radius 3 is 2.87 bits per heavy atom. The summed E-state index contributed by atoms with van der Waals surface area (Å²) in [5.41, 5.74) is 2.62. The van der Waals surface area contributed by atoms with Gasteiger partial charge in [-0.3, -0.25) is 4.98 Å². The molecule has 0 aromatic carbocycles. The lowest BCUT2D eigenvalue weighted by Gasteiger charge is -1.98. The molecular weight excluding hydrogens is 184 g/mol. The van der Waals surface area contributed by atoms with Crippen LogP contribution in [-0.2, 0) is 0 Å². The van der Waals surface area contributed by atoms with Gasteiger partial charge in [-0.25, -0.2) is 0 Å². The molecule has 1 rings (SSSR count). The molecule has 2 nitrogen and oxygen atoms in total. The van der Waals surface area contributed by atoms with Crippen LogP contribution in [-0.4, -0.2) is 4.98 Å². The van der Waals surface area contributed by atoms with Crippen molar-refractivity contribution >= 4 is 5.57 Å². The number of hydrogen-bond acceptors (Lipinski definition) is 2. The molecule has 76 valence electrons. The number of allylic oxidation sites excluding steroid dienone is 4. The van der Waals surface area contributed by atoms with Crippen molar-refractivity contribution < 1.29 is 0 Å². The molecule has 2 heteroatoms. The van der Waals surface area contributed by atoms with Crippen molar-refractivity contribution in [1.29, 1.82) is 5.26 Å². The van der Waals surface area contributed by atoms with Gasteiger partial charge < -0.3 is 0 Å². The van der Waals surface area contributed by atoms with Crippen molar-refractivity contribution in [3.63, 3.8) is 0 Å². The number of pyridine rings is 1. The van der Waals surface area contributed by atoms with E-state index in [9.17, 15) is 0 Å². The van der Waals surface area contributed by atoms with Crippen LogP contribution in [0.15, 0.2) is 42.1 Å². The molecule has 1 aromatic rings. The maximum atomic E-state index is 8.87. The fourth-order valence-electron chi connectivity index (χ4n) is 1.26. The Balaban J connectivity index is 2.95. The van der Waals surface area contributed by atoms with Crippen molar-refractivity contribution in [2.45, 2.75) is 20.3 Å². The zero-order chi connectivity index (χ0) is 11.1. The van der Waals surface area contributed by atoms with Gasteiger partial charge in [-0.15, -0.1) is 0 Å². The minimum Gasteiger partial charge on any atom is -0.257 e. The van der Waals surface area contributed by atoms with Gasteiger partial charge in [-0.2, -0.15) is 5.26 Å². The van der Waals surface area contributed by atoms with E-state index in [2.05, 4.69) is 11.1 Å². The Morgan fingerprint density at radius 2 is 2.33 bits per heavy atom. The summed E-state index contributed by atoms with van der Waals surface area (Å²) in [5, 5.41) is 8.87. The lowest BCUT2D eigenvalue weighted by atomic mass is 10.1. The highest BCUT2D eigenvalue weighted by atomic mass is 14.7. The molecule has 0 aliphatic rings. The Morgan fingerprint density at radius 1 is 1.53 bits per heavy atom. The molecule has 1 aromatic heterocycles. The summed E-state index contributed by atoms with van der Waals surface area (Å²) in [4.78, 5) is 4.22. The zero-order valence-corrected chi connectivity index (χ0v) is 9.07. The quantitative estimate of drug-likeness (QED) is 0.551. The van der Waals surface area contributed by atoms with Crippen molar-refractivity contribution in [2.75, 3.05) is 0 Å². The van der Waals surface area contributed by atoms with Crippen LogP contribution in [0.5, 0.6) is 0 Å². The Bertz CT molecular complexity index is 408. The van der Waals surface area contributed by atoms with E-state index in [1.165, 1.54) is 0 Å². The van der Waals surface area contributed by atoms with Gasteiger partial charge in [0.25, 0.3) is 0 Å². The predicted molar refractivity (Wildman–Crippen MR) is 61.9 cm³/mol. The third-order valence-corrected chi connectivity index (χ3v) is 1.99. The van der Waals surface area contributed by atoms with Gasteiger partial charge in [0.2, 0.25) is 0 Å². The summed E-state index contributed by atoms with van der Waals surface area (Å²) < 4.78 is 0. The van der Waals surface area contributed by atoms with Crippen molar-refractivity contribution in [3.8, 4) is 6.07 Å². The van der Waals surface area contributed by atoms with Gasteiger partial charge in [-0.05, 0) is 37.1 Å². The topological polar surface area (TPSA) is 36.7 Å². The first-order valence-corrected chi connectivity index (χ1v) is 4.98. The number of hydrogen-bond donors (Lipinski definition) is 0. The maximum absolute atomic E-state index is 8.87. The standard InChI is InChI=1S/C13H14N2/c1-3-6-12(10-14)9-11(2)13-7-4-5-8-15-13/h4-9H,3H2,1-2H3/b11-9+,12-6+. The summed E-state index contributed by atoms with van der Waals surface area (Å²) in [6, 6.07) is 7.92. The second-order valence-corrected chi connectivity index (χ2v) is 3.22. The second-order valence-electron chi connectivity index (χ2n) is 3.22. The van der Waals surface area contributed by atoms with Crippen molar-refractivity contribution in [2.24, 2.45) is 0 Å². The molecule has 0 saturated carbocycles. The lowest BCUT2D eigenvalue weighted by molar-refractivity contribution is 1.21. The van der Waals surface area contributed by atoms with Crippen molar-refractivity contribution in [3.05, 3.63) is 47.8 Å². The number of rotatable bonds is 3. The summed E-state index contributed by atoms with van der Waals surface area (Å²) in [6.45, 7) is 3.98. The minimum absolute atomic E-state index is 0.695. The smallest absolute Gasteiger partial charge is 0.0988 e. The molecule has 0 atom stereocenters. The van der Waals surface area contributed by atoms with Crippen molar-refractivity contribution in [1.82, 2.24) is 4.98 Å². The Hall–Kier alpha value is -1.88. The first-order chi connectivity index (χ1) is 7.27. The summed E-state index contributed by atoms with van der Waals surface area (Å²) in [5.74, 6) is 0. The van der Waals surface area contributed by atoms with Gasteiger partial charge in [-0.1, -0.05) is 19.1 Å². The van der Waals surface area contributed by atoms with E-state index < -0.39 is 0 Å². The van der Waals surface area contributed by atoms with Crippen LogP contribution in [0.4, 0.5) is 0 Å². The van der Waals surface area contributed by atoms with E-state index in [0.29, 0.717) is 5.57 Å². The van der Waals surface area contributed by atoms with Gasteiger partial charge >= 0.3 is 0 Å². The van der Waals surface area contributed by atoms with E-state index in [4.69, 9.17) is 5.26 Å². The van der Waals surface area contributed by atoms with E-state index in [-0.39, 0.29) is 0 Å². The summed E-state index contributed by atoms with van der Waals surface area (Å²) in [7, 11) is 0. The molecule has 0 bridgehead atoms. The molecule has 0 unspecified atom stereocenters. The average molecular weight is 198 g/mol. The van der Waals surface area contributed by atoms with Crippen LogP contribution < -0.4 is 0 Å². The average Bonchev–Trinajstić information content (AvgIpc) is 2.29. The summed E-state index contributed by atoms with van der Waals surface area (Å²) >= 11 is 0. The Labute approximate surface area is 90.6 Å². The minimum atomic E-state index is 0.695. The monoisotopic (exact) mass is 198 g/mol. The summed E-state index contributed by atoms with van der Waals surface area (Å²) in [6.07, 6.45) is 6.40. The maximum Gasteiger partial charge on any atom is 0.0988 e. The van der Waals surface area contributed by atoms with E-state index in [1.807, 2.05) is 44.2 Å². The largest absolute Gasteiger partial charge is 0.257 e. The van der Waals surface area contributed by atoms with Gasteiger partial charge in [0.05, 0.1) is 11.8 Å². The highest BCUT2D eigenvalue weighted by molar-refractivity contribution is 5.65. The Kier molecular flexibility index (Phi) is 4.30. The third-order valence-electron chi connectivity index (χ3n) is 1.99. The molecular formula is C13H14N2. The zero-order valence-electron chi connectivity index (χ0n) is 9.07. The molecule has 15 heavy (non-hydrogen) atoms. The number of nitriles is 1. The molecule has 1 heterocycles. The number of nitrogens with zero attached hydrogens (tertiary/aromatic N) is 2. The predicted octanol–water partition coefficient (Wildman–Crippen LogP) is 3.34. The van der Waals surface area contributed by atoms with Crippen LogP contribution >= 0.6 is 0 Å². The molecule has 0 aliphatic carbocycles.